The number of carbonyl (C=O) groups excluding carboxylic acids is 1. The Balaban J connectivity index is 1.97. The predicted octanol–water partition coefficient (Wildman–Crippen LogP) is 1.97. The number of hydrogen-bond acceptors (Lipinski definition) is 3. The molecule has 3 nitrogen and oxygen atoms in total. The monoisotopic (exact) mass is 232 g/mol. The number of aromatic hydroxyl groups is 1. The fourth-order valence-electron chi connectivity index (χ4n) is 2.03. The van der Waals surface area contributed by atoms with Gasteiger partial charge in [0, 0.05) is 6.42 Å². The Morgan fingerprint density at radius 1 is 1.18 bits per heavy atom. The van der Waals surface area contributed by atoms with E-state index in [0.717, 1.165) is 17.6 Å². The number of aryl methyl sites for hydroxylation is 1. The molecule has 0 bridgehead atoms. The van der Waals surface area contributed by atoms with Crippen molar-refractivity contribution in [3.8, 4) is 5.75 Å². The molecule has 0 amide bonds. The Bertz CT molecular complexity index is 431. The van der Waals surface area contributed by atoms with Gasteiger partial charge in [0.1, 0.15) is 5.75 Å². The second kappa shape index (κ2) is 5.15. The van der Waals surface area contributed by atoms with Crippen LogP contribution in [-0.4, -0.2) is 22.1 Å². The van der Waals surface area contributed by atoms with Crippen molar-refractivity contribution in [2.45, 2.75) is 31.8 Å². The number of hydrogen-bond donors (Lipinski definition) is 2. The molecule has 0 spiro atoms. The highest BCUT2D eigenvalue weighted by Gasteiger charge is 2.18. The number of rotatable bonds is 3. The van der Waals surface area contributed by atoms with Crippen molar-refractivity contribution >= 4 is 5.78 Å². The quantitative estimate of drug-likeness (QED) is 0.837. The van der Waals surface area contributed by atoms with E-state index in [0.29, 0.717) is 19.3 Å². The van der Waals surface area contributed by atoms with E-state index >= 15 is 0 Å². The molecule has 0 saturated heterocycles. The van der Waals surface area contributed by atoms with Gasteiger partial charge in [-0.1, -0.05) is 12.1 Å². The summed E-state index contributed by atoms with van der Waals surface area (Å²) in [5, 5.41) is 18.9. The molecule has 1 aliphatic rings. The lowest BCUT2D eigenvalue weighted by Gasteiger charge is -2.18. The van der Waals surface area contributed by atoms with Crippen molar-refractivity contribution in [1.82, 2.24) is 0 Å². The number of allylic oxidation sites excluding steroid dienone is 1. The molecule has 17 heavy (non-hydrogen) atoms. The van der Waals surface area contributed by atoms with Crippen LogP contribution in [-0.2, 0) is 11.2 Å². The Morgan fingerprint density at radius 3 is 2.59 bits per heavy atom. The molecule has 3 heteroatoms. The molecule has 0 aliphatic heterocycles. The van der Waals surface area contributed by atoms with Gasteiger partial charge in [0.05, 0.1) is 6.10 Å². The average molecular weight is 232 g/mol. The lowest BCUT2D eigenvalue weighted by atomic mass is 9.91. The minimum atomic E-state index is -0.468. The Labute approximate surface area is 100 Å². The normalized spacial score (nSPS) is 20.2. The molecule has 0 heterocycles. The highest BCUT2D eigenvalue weighted by atomic mass is 16.3. The van der Waals surface area contributed by atoms with E-state index in [1.807, 2.05) is 12.1 Å². The summed E-state index contributed by atoms with van der Waals surface area (Å²) < 4.78 is 0. The molecular weight excluding hydrogens is 216 g/mol. The van der Waals surface area contributed by atoms with E-state index in [1.54, 1.807) is 18.2 Å². The van der Waals surface area contributed by atoms with Gasteiger partial charge in [0.25, 0.3) is 0 Å². The van der Waals surface area contributed by atoms with Gasteiger partial charge >= 0.3 is 0 Å². The van der Waals surface area contributed by atoms with Crippen molar-refractivity contribution in [2.75, 3.05) is 0 Å². The molecule has 0 fully saturated rings. The van der Waals surface area contributed by atoms with Gasteiger partial charge in [-0.2, -0.15) is 0 Å². The molecule has 1 aliphatic carbocycles. The van der Waals surface area contributed by atoms with Crippen molar-refractivity contribution in [1.29, 1.82) is 0 Å². The standard InChI is InChI=1S/C14H16O3/c15-12-5-2-10(3-6-12)1-4-11-9-13(16)7-8-14(11)17/h2-3,5-6,9,14-15,17H,1,4,7-8H2/t14-/m0/s1. The number of phenolic OH excluding ortho intramolecular Hbond substituents is 1. The summed E-state index contributed by atoms with van der Waals surface area (Å²) in [6.45, 7) is 0. The molecular formula is C14H16O3. The molecule has 2 N–H and O–H groups in total. The maximum Gasteiger partial charge on any atom is 0.155 e. The first-order valence-electron chi connectivity index (χ1n) is 5.84. The third-order valence-corrected chi connectivity index (χ3v) is 3.08. The lowest BCUT2D eigenvalue weighted by molar-refractivity contribution is -0.115. The minimum Gasteiger partial charge on any atom is -0.508 e. The molecule has 90 valence electrons. The number of ketones is 1. The second-order valence-electron chi connectivity index (χ2n) is 4.41. The summed E-state index contributed by atoms with van der Waals surface area (Å²) in [6.07, 6.45) is 3.57. The van der Waals surface area contributed by atoms with Crippen molar-refractivity contribution in [3.63, 3.8) is 0 Å². The van der Waals surface area contributed by atoms with Gasteiger partial charge in [-0.05, 0) is 48.6 Å². The van der Waals surface area contributed by atoms with Crippen LogP contribution in [0.2, 0.25) is 0 Å². The number of benzene rings is 1. The molecule has 0 aromatic heterocycles. The average Bonchev–Trinajstić information content (AvgIpc) is 2.32. The maximum atomic E-state index is 11.3. The lowest BCUT2D eigenvalue weighted by Crippen LogP contribution is -2.19. The van der Waals surface area contributed by atoms with Crippen LogP contribution in [0.3, 0.4) is 0 Å². The van der Waals surface area contributed by atoms with E-state index in [1.165, 1.54) is 0 Å². The molecule has 0 unspecified atom stereocenters. The molecule has 0 radical (unpaired) electrons. The van der Waals surface area contributed by atoms with Crippen molar-refractivity contribution in [3.05, 3.63) is 41.5 Å². The Morgan fingerprint density at radius 2 is 1.88 bits per heavy atom. The van der Waals surface area contributed by atoms with Gasteiger partial charge in [0.2, 0.25) is 0 Å². The van der Waals surface area contributed by atoms with Crippen molar-refractivity contribution < 1.29 is 15.0 Å². The van der Waals surface area contributed by atoms with Crippen LogP contribution in [0.15, 0.2) is 35.9 Å². The van der Waals surface area contributed by atoms with Crippen LogP contribution in [0.5, 0.6) is 5.75 Å². The van der Waals surface area contributed by atoms with E-state index in [4.69, 9.17) is 5.11 Å². The van der Waals surface area contributed by atoms with Gasteiger partial charge in [-0.15, -0.1) is 0 Å². The van der Waals surface area contributed by atoms with Crippen molar-refractivity contribution in [2.24, 2.45) is 0 Å². The summed E-state index contributed by atoms with van der Waals surface area (Å²) in [7, 11) is 0. The molecule has 1 aromatic carbocycles. The Kier molecular flexibility index (Phi) is 3.59. The van der Waals surface area contributed by atoms with Crippen LogP contribution in [0.1, 0.15) is 24.8 Å². The zero-order valence-electron chi connectivity index (χ0n) is 9.60. The van der Waals surface area contributed by atoms with E-state index in [9.17, 15) is 9.90 Å². The van der Waals surface area contributed by atoms with E-state index in [-0.39, 0.29) is 11.5 Å². The first-order chi connectivity index (χ1) is 8.15. The largest absolute Gasteiger partial charge is 0.508 e. The zero-order chi connectivity index (χ0) is 12.3. The highest BCUT2D eigenvalue weighted by Crippen LogP contribution is 2.21. The fraction of sp³-hybridized carbons (Fsp3) is 0.357. The molecule has 0 saturated carbocycles. The first kappa shape index (κ1) is 11.9. The van der Waals surface area contributed by atoms with Crippen LogP contribution in [0, 0.1) is 0 Å². The minimum absolute atomic E-state index is 0.107. The van der Waals surface area contributed by atoms with Crippen LogP contribution >= 0.6 is 0 Å². The van der Waals surface area contributed by atoms with Crippen LogP contribution in [0.25, 0.3) is 0 Å². The topological polar surface area (TPSA) is 57.5 Å². The summed E-state index contributed by atoms with van der Waals surface area (Å²) >= 11 is 0. The molecule has 1 atom stereocenters. The molecule has 1 aromatic rings. The smallest absolute Gasteiger partial charge is 0.155 e. The van der Waals surface area contributed by atoms with Crippen LogP contribution in [0.4, 0.5) is 0 Å². The molecule has 2 rings (SSSR count). The highest BCUT2D eigenvalue weighted by molar-refractivity contribution is 5.91. The number of aliphatic hydroxyl groups is 1. The first-order valence-corrected chi connectivity index (χ1v) is 5.84. The zero-order valence-corrected chi connectivity index (χ0v) is 9.60. The summed E-state index contributed by atoms with van der Waals surface area (Å²) in [5.41, 5.74) is 1.92. The maximum absolute atomic E-state index is 11.3. The van der Waals surface area contributed by atoms with Crippen LogP contribution < -0.4 is 0 Å². The Hall–Kier alpha value is -1.61. The van der Waals surface area contributed by atoms with Gasteiger partial charge in [-0.25, -0.2) is 0 Å². The van der Waals surface area contributed by atoms with Gasteiger partial charge in [0.15, 0.2) is 5.78 Å². The second-order valence-corrected chi connectivity index (χ2v) is 4.41. The summed E-state index contributed by atoms with van der Waals surface area (Å²) in [6, 6.07) is 7.00. The van der Waals surface area contributed by atoms with E-state index in [2.05, 4.69) is 0 Å². The number of carbonyl (C=O) groups is 1. The van der Waals surface area contributed by atoms with Gasteiger partial charge in [-0.3, -0.25) is 4.79 Å². The number of aliphatic hydroxyl groups excluding tert-OH is 1. The third-order valence-electron chi connectivity index (χ3n) is 3.08. The third kappa shape index (κ3) is 3.17. The number of phenols is 1. The van der Waals surface area contributed by atoms with E-state index < -0.39 is 6.10 Å². The summed E-state index contributed by atoms with van der Waals surface area (Å²) in [5.74, 6) is 0.358. The van der Waals surface area contributed by atoms with Gasteiger partial charge < -0.3 is 10.2 Å². The predicted molar refractivity (Wildman–Crippen MR) is 64.8 cm³/mol. The SMILES string of the molecule is O=C1C=C(CCc2ccc(O)cc2)[C@@H](O)CC1. The fourth-order valence-corrected chi connectivity index (χ4v) is 2.03. The summed E-state index contributed by atoms with van der Waals surface area (Å²) in [4.78, 5) is 11.3.